The first-order valence-electron chi connectivity index (χ1n) is 6.11. The maximum Gasteiger partial charge on any atom is 0.311 e. The van der Waals surface area contributed by atoms with Crippen LogP contribution in [0, 0.1) is 5.41 Å². The highest BCUT2D eigenvalue weighted by Gasteiger charge is 2.35. The molecule has 0 saturated heterocycles. The molecule has 0 atom stereocenters. The summed E-state index contributed by atoms with van der Waals surface area (Å²) >= 11 is 0. The van der Waals surface area contributed by atoms with Gasteiger partial charge in [-0.25, -0.2) is 0 Å². The molecule has 0 rings (SSSR count). The predicted molar refractivity (Wildman–Crippen MR) is 67.7 cm³/mol. The Bertz CT molecular complexity index is 304. The van der Waals surface area contributed by atoms with E-state index in [0.29, 0.717) is 18.4 Å². The largest absolute Gasteiger partial charge is 0.481 e. The van der Waals surface area contributed by atoms with Gasteiger partial charge in [0.25, 0.3) is 0 Å². The summed E-state index contributed by atoms with van der Waals surface area (Å²) in [5.74, 6) is -1.03. The summed E-state index contributed by atoms with van der Waals surface area (Å²) in [6.45, 7) is 7.54. The number of carbonyl (C=O) groups excluding carboxylic acids is 1. The van der Waals surface area contributed by atoms with Gasteiger partial charge in [-0.1, -0.05) is 26.8 Å². The zero-order valence-electron chi connectivity index (χ0n) is 11.2. The van der Waals surface area contributed by atoms with E-state index in [2.05, 4.69) is 5.32 Å². The summed E-state index contributed by atoms with van der Waals surface area (Å²) in [5, 5.41) is 11.9. The molecule has 0 aromatic carbocycles. The van der Waals surface area contributed by atoms with Gasteiger partial charge in [0.15, 0.2) is 0 Å². The number of carboxylic acid groups (broad SMARTS) is 1. The van der Waals surface area contributed by atoms with Gasteiger partial charge < -0.3 is 10.4 Å². The van der Waals surface area contributed by atoms with Gasteiger partial charge in [-0.3, -0.25) is 9.59 Å². The lowest BCUT2D eigenvalue weighted by Crippen LogP contribution is -2.42. The number of hydrogen-bond donors (Lipinski definition) is 2. The van der Waals surface area contributed by atoms with Crippen molar-refractivity contribution in [3.63, 3.8) is 0 Å². The fourth-order valence-electron chi connectivity index (χ4n) is 1.67. The second kappa shape index (κ2) is 7.09. The molecular formula is C13H23NO3. The van der Waals surface area contributed by atoms with Crippen LogP contribution in [0.25, 0.3) is 0 Å². The molecule has 98 valence electrons. The molecule has 4 nitrogen and oxygen atoms in total. The van der Waals surface area contributed by atoms with Gasteiger partial charge in [-0.2, -0.15) is 0 Å². The summed E-state index contributed by atoms with van der Waals surface area (Å²) in [6.07, 6.45) is 3.64. The van der Waals surface area contributed by atoms with Crippen LogP contribution >= 0.6 is 0 Å². The van der Waals surface area contributed by atoms with Crippen molar-refractivity contribution in [2.75, 3.05) is 6.54 Å². The van der Waals surface area contributed by atoms with Crippen molar-refractivity contribution >= 4 is 11.9 Å². The Morgan fingerprint density at radius 3 is 2.12 bits per heavy atom. The minimum atomic E-state index is -0.847. The first kappa shape index (κ1) is 15.7. The van der Waals surface area contributed by atoms with E-state index in [1.165, 1.54) is 0 Å². The predicted octanol–water partition coefficient (Wildman–Crippen LogP) is 2.35. The van der Waals surface area contributed by atoms with Crippen LogP contribution in [0.3, 0.4) is 0 Å². The molecule has 0 saturated carbocycles. The molecule has 0 radical (unpaired) electrons. The van der Waals surface area contributed by atoms with E-state index in [-0.39, 0.29) is 12.5 Å². The van der Waals surface area contributed by atoms with Crippen LogP contribution in [0.2, 0.25) is 0 Å². The second-order valence-corrected chi connectivity index (χ2v) is 4.27. The van der Waals surface area contributed by atoms with E-state index in [1.54, 1.807) is 6.92 Å². The first-order chi connectivity index (χ1) is 7.93. The quantitative estimate of drug-likeness (QED) is 0.672. The Kier molecular flexibility index (Phi) is 6.54. The summed E-state index contributed by atoms with van der Waals surface area (Å²) in [4.78, 5) is 22.9. The third-order valence-corrected chi connectivity index (χ3v) is 3.26. The second-order valence-electron chi connectivity index (χ2n) is 4.27. The van der Waals surface area contributed by atoms with Crippen molar-refractivity contribution in [2.24, 2.45) is 5.41 Å². The fourth-order valence-corrected chi connectivity index (χ4v) is 1.67. The standard InChI is InChI=1S/C13H23NO3/c1-5-8-10(4)11(15)14-9-13(6-2,7-3)12(16)17/h8H,5-7,9H2,1-4H3,(H,14,15)(H,16,17)/b10-8-. The number of amides is 1. The number of carboxylic acids is 1. The third-order valence-electron chi connectivity index (χ3n) is 3.26. The number of aliphatic carboxylic acids is 1. The Hall–Kier alpha value is -1.32. The molecule has 0 fully saturated rings. The lowest BCUT2D eigenvalue weighted by atomic mass is 9.82. The topological polar surface area (TPSA) is 66.4 Å². The first-order valence-corrected chi connectivity index (χ1v) is 6.11. The van der Waals surface area contributed by atoms with Crippen LogP contribution in [0.5, 0.6) is 0 Å². The molecule has 0 spiro atoms. The Labute approximate surface area is 103 Å². The zero-order valence-corrected chi connectivity index (χ0v) is 11.2. The average Bonchev–Trinajstić information content (AvgIpc) is 2.30. The van der Waals surface area contributed by atoms with E-state index in [4.69, 9.17) is 0 Å². The van der Waals surface area contributed by atoms with Crippen molar-refractivity contribution in [3.8, 4) is 0 Å². The molecule has 0 aliphatic rings. The summed E-state index contributed by atoms with van der Waals surface area (Å²) in [6, 6.07) is 0. The van der Waals surface area contributed by atoms with E-state index in [0.717, 1.165) is 6.42 Å². The van der Waals surface area contributed by atoms with Crippen molar-refractivity contribution in [3.05, 3.63) is 11.6 Å². The number of rotatable bonds is 7. The third kappa shape index (κ3) is 4.21. The monoisotopic (exact) mass is 241 g/mol. The molecule has 0 heterocycles. The van der Waals surface area contributed by atoms with Crippen LogP contribution in [-0.4, -0.2) is 23.5 Å². The average molecular weight is 241 g/mol. The van der Waals surface area contributed by atoms with Gasteiger partial charge in [0, 0.05) is 12.1 Å². The van der Waals surface area contributed by atoms with Gasteiger partial charge >= 0.3 is 5.97 Å². The highest BCUT2D eigenvalue weighted by atomic mass is 16.4. The number of nitrogens with one attached hydrogen (secondary N) is 1. The molecule has 0 unspecified atom stereocenters. The van der Waals surface area contributed by atoms with Gasteiger partial charge in [0.2, 0.25) is 5.91 Å². The summed E-state index contributed by atoms with van der Waals surface area (Å²) in [7, 11) is 0. The highest BCUT2D eigenvalue weighted by Crippen LogP contribution is 2.25. The van der Waals surface area contributed by atoms with Crippen LogP contribution < -0.4 is 5.32 Å². The molecule has 1 amide bonds. The molecule has 17 heavy (non-hydrogen) atoms. The maximum atomic E-state index is 11.7. The van der Waals surface area contributed by atoms with Crippen molar-refractivity contribution in [1.29, 1.82) is 0 Å². The normalized spacial score (nSPS) is 12.4. The minimum Gasteiger partial charge on any atom is -0.481 e. The van der Waals surface area contributed by atoms with Crippen molar-refractivity contribution in [2.45, 2.75) is 47.0 Å². The fraction of sp³-hybridized carbons (Fsp3) is 0.692. The smallest absolute Gasteiger partial charge is 0.311 e. The number of carbonyl (C=O) groups is 2. The van der Waals surface area contributed by atoms with Crippen LogP contribution in [0.1, 0.15) is 47.0 Å². The SMILES string of the molecule is CC/C=C(/C)C(=O)NCC(CC)(CC)C(=O)O. The Balaban J connectivity index is 4.57. The molecule has 0 bridgehead atoms. The van der Waals surface area contributed by atoms with Crippen LogP contribution in [0.4, 0.5) is 0 Å². The van der Waals surface area contributed by atoms with E-state index in [1.807, 2.05) is 26.8 Å². The van der Waals surface area contributed by atoms with E-state index < -0.39 is 11.4 Å². The van der Waals surface area contributed by atoms with Crippen molar-refractivity contribution in [1.82, 2.24) is 5.32 Å². The Morgan fingerprint density at radius 1 is 1.24 bits per heavy atom. The molecule has 0 aliphatic heterocycles. The molecule has 0 aromatic heterocycles. The van der Waals surface area contributed by atoms with Gasteiger partial charge in [-0.05, 0) is 26.2 Å². The van der Waals surface area contributed by atoms with Crippen LogP contribution in [-0.2, 0) is 9.59 Å². The zero-order chi connectivity index (χ0) is 13.5. The molecule has 2 N–H and O–H groups in total. The highest BCUT2D eigenvalue weighted by molar-refractivity contribution is 5.93. The summed E-state index contributed by atoms with van der Waals surface area (Å²) in [5.41, 5.74) is -0.207. The van der Waals surface area contributed by atoms with Gasteiger partial charge in [0.05, 0.1) is 5.41 Å². The number of allylic oxidation sites excluding steroid dienone is 1. The van der Waals surface area contributed by atoms with Crippen LogP contribution in [0.15, 0.2) is 11.6 Å². The molecule has 0 aromatic rings. The van der Waals surface area contributed by atoms with Crippen molar-refractivity contribution < 1.29 is 14.7 Å². The summed E-state index contributed by atoms with van der Waals surface area (Å²) < 4.78 is 0. The molecule has 4 heteroatoms. The van der Waals surface area contributed by atoms with E-state index >= 15 is 0 Å². The van der Waals surface area contributed by atoms with Gasteiger partial charge in [-0.15, -0.1) is 0 Å². The van der Waals surface area contributed by atoms with E-state index in [9.17, 15) is 14.7 Å². The lowest BCUT2D eigenvalue weighted by Gasteiger charge is -2.26. The lowest BCUT2D eigenvalue weighted by molar-refractivity contribution is -0.149. The molecular weight excluding hydrogens is 218 g/mol. The van der Waals surface area contributed by atoms with Gasteiger partial charge in [0.1, 0.15) is 0 Å². The maximum absolute atomic E-state index is 11.7. The number of hydrogen-bond acceptors (Lipinski definition) is 2. The Morgan fingerprint density at radius 2 is 1.76 bits per heavy atom. The minimum absolute atomic E-state index is 0.181. The molecule has 0 aliphatic carbocycles.